The Morgan fingerprint density at radius 2 is 1.79 bits per heavy atom. The van der Waals surface area contributed by atoms with Gasteiger partial charge in [-0.15, -0.1) is 0 Å². The number of fused-ring (bicyclic) bond motifs is 1. The van der Waals surface area contributed by atoms with Crippen molar-refractivity contribution in [2.45, 2.75) is 52.3 Å². The minimum Gasteiger partial charge on any atom is -0.478 e. The maximum absolute atomic E-state index is 14.1. The molecule has 3 N–H and O–H groups in total. The van der Waals surface area contributed by atoms with Gasteiger partial charge in [-0.3, -0.25) is 14.3 Å². The van der Waals surface area contributed by atoms with Gasteiger partial charge in [0.2, 0.25) is 0 Å². The number of ether oxygens (including phenoxy) is 1. The van der Waals surface area contributed by atoms with Gasteiger partial charge in [-0.05, 0) is 63.6 Å². The average Bonchev–Trinajstić information content (AvgIpc) is 2.90. The Bertz CT molecular complexity index is 1540. The van der Waals surface area contributed by atoms with E-state index < -0.39 is 23.7 Å². The number of hydrogen-bond donors (Lipinski definition) is 3. The van der Waals surface area contributed by atoms with Crippen LogP contribution in [0.4, 0.5) is 10.5 Å². The van der Waals surface area contributed by atoms with E-state index in [1.54, 1.807) is 45.0 Å². The smallest absolute Gasteiger partial charge is 0.408 e. The quantitative estimate of drug-likeness (QED) is 0.288. The molecule has 10 nitrogen and oxygen atoms in total. The van der Waals surface area contributed by atoms with Crippen LogP contribution in [0.25, 0.3) is 16.6 Å². The number of amides is 1. The van der Waals surface area contributed by atoms with Crippen molar-refractivity contribution in [2.24, 2.45) is 0 Å². The van der Waals surface area contributed by atoms with Crippen LogP contribution in [-0.4, -0.2) is 37.3 Å². The van der Waals surface area contributed by atoms with E-state index in [0.29, 0.717) is 40.2 Å². The number of benzene rings is 2. The molecule has 0 saturated heterocycles. The van der Waals surface area contributed by atoms with Crippen LogP contribution in [0.1, 0.15) is 62.0 Å². The molecule has 0 saturated carbocycles. The van der Waals surface area contributed by atoms with E-state index in [0.717, 1.165) is 0 Å². The molecule has 202 valence electrons. The fourth-order valence-corrected chi connectivity index (χ4v) is 4.10. The van der Waals surface area contributed by atoms with Crippen molar-refractivity contribution in [1.82, 2.24) is 19.9 Å². The Labute approximate surface area is 225 Å². The van der Waals surface area contributed by atoms with Crippen molar-refractivity contribution >= 4 is 28.7 Å². The number of carbonyl (C=O) groups is 2. The summed E-state index contributed by atoms with van der Waals surface area (Å²) in [6, 6.07) is 17.0. The van der Waals surface area contributed by atoms with Crippen LogP contribution in [0.5, 0.6) is 0 Å². The fraction of sp³-hybridized carbons (Fsp3) is 0.276. The lowest BCUT2D eigenvalue weighted by atomic mass is 10.1. The van der Waals surface area contributed by atoms with Crippen molar-refractivity contribution in [3.63, 3.8) is 0 Å². The van der Waals surface area contributed by atoms with Gasteiger partial charge in [0.1, 0.15) is 11.4 Å². The third-order valence-electron chi connectivity index (χ3n) is 5.88. The number of nitrogens with zero attached hydrogens (tertiary/aromatic N) is 3. The zero-order valence-corrected chi connectivity index (χ0v) is 22.3. The molecule has 0 aliphatic carbocycles. The van der Waals surface area contributed by atoms with Crippen LogP contribution in [0.3, 0.4) is 0 Å². The van der Waals surface area contributed by atoms with Crippen LogP contribution in [0.2, 0.25) is 0 Å². The van der Waals surface area contributed by atoms with Crippen LogP contribution in [-0.2, 0) is 11.3 Å². The third kappa shape index (κ3) is 6.40. The first kappa shape index (κ1) is 27.3. The molecule has 0 bridgehead atoms. The van der Waals surface area contributed by atoms with Gasteiger partial charge in [0.25, 0.3) is 5.56 Å². The lowest BCUT2D eigenvalue weighted by Gasteiger charge is -2.25. The number of nitrogens with one attached hydrogen (secondary N) is 2. The molecule has 4 rings (SSSR count). The van der Waals surface area contributed by atoms with E-state index in [2.05, 4.69) is 15.6 Å². The fourth-order valence-electron chi connectivity index (χ4n) is 4.10. The summed E-state index contributed by atoms with van der Waals surface area (Å²) in [5.41, 5.74) is 1.35. The predicted molar refractivity (Wildman–Crippen MR) is 148 cm³/mol. The number of rotatable bonds is 8. The lowest BCUT2D eigenvalue weighted by molar-refractivity contribution is 0.0498. The molecule has 0 unspecified atom stereocenters. The number of carbonyl (C=O) groups excluding carboxylic acids is 1. The Morgan fingerprint density at radius 1 is 1.05 bits per heavy atom. The van der Waals surface area contributed by atoms with Crippen molar-refractivity contribution in [3.8, 4) is 5.69 Å². The second-order valence-electron chi connectivity index (χ2n) is 9.95. The van der Waals surface area contributed by atoms with E-state index >= 15 is 0 Å². The summed E-state index contributed by atoms with van der Waals surface area (Å²) in [6.07, 6.45) is 1.17. The average molecular weight is 530 g/mol. The van der Waals surface area contributed by atoms with Crippen LogP contribution < -0.4 is 16.2 Å². The van der Waals surface area contributed by atoms with E-state index in [9.17, 15) is 14.4 Å². The van der Waals surface area contributed by atoms with Gasteiger partial charge in [0.05, 0.1) is 40.4 Å². The highest BCUT2D eigenvalue weighted by atomic mass is 16.6. The monoisotopic (exact) mass is 529 g/mol. The molecule has 2 aromatic carbocycles. The number of carboxylic acid groups (broad SMARTS) is 1. The third-order valence-corrected chi connectivity index (χ3v) is 5.88. The predicted octanol–water partition coefficient (Wildman–Crippen LogP) is 5.07. The number of carboxylic acids is 1. The molecule has 1 amide bonds. The molecule has 10 heteroatoms. The summed E-state index contributed by atoms with van der Waals surface area (Å²) in [7, 11) is 0. The minimum atomic E-state index is -1.05. The molecule has 2 heterocycles. The van der Waals surface area contributed by atoms with Gasteiger partial charge in [-0.25, -0.2) is 14.6 Å². The number of aromatic carboxylic acids is 1. The van der Waals surface area contributed by atoms with Gasteiger partial charge in [-0.1, -0.05) is 31.2 Å². The van der Waals surface area contributed by atoms with Crippen LogP contribution >= 0.6 is 0 Å². The first-order chi connectivity index (χ1) is 18.6. The van der Waals surface area contributed by atoms with Gasteiger partial charge in [-0.2, -0.15) is 0 Å². The van der Waals surface area contributed by atoms with E-state index in [1.165, 1.54) is 16.8 Å². The summed E-state index contributed by atoms with van der Waals surface area (Å²) in [4.78, 5) is 46.9. The highest BCUT2D eigenvalue weighted by Gasteiger charge is 2.25. The standard InChI is InChI=1S/C29H31N5O5/c1-5-21(33-28(38)39-29(2,3)4)25-32-23-13-9-12-22(31-17-19-15-14-18(16-30-19)27(36)37)24(23)26(35)34(25)20-10-7-6-8-11-20/h6-16,21,31H,5,17H2,1-4H3,(H,33,38)(H,36,37)/t21-/m0/s1. The molecule has 1 atom stereocenters. The largest absolute Gasteiger partial charge is 0.478 e. The van der Waals surface area contributed by atoms with Gasteiger partial charge < -0.3 is 20.5 Å². The topological polar surface area (TPSA) is 135 Å². The van der Waals surface area contributed by atoms with Gasteiger partial charge >= 0.3 is 12.1 Å². The molecule has 0 spiro atoms. The first-order valence-electron chi connectivity index (χ1n) is 12.6. The Morgan fingerprint density at radius 3 is 2.41 bits per heavy atom. The zero-order valence-electron chi connectivity index (χ0n) is 22.3. The lowest BCUT2D eigenvalue weighted by Crippen LogP contribution is -2.37. The Kier molecular flexibility index (Phi) is 7.94. The van der Waals surface area contributed by atoms with Crippen molar-refractivity contribution in [1.29, 1.82) is 0 Å². The van der Waals surface area contributed by atoms with E-state index in [1.807, 2.05) is 37.3 Å². The SMILES string of the molecule is CC[C@H](NC(=O)OC(C)(C)C)c1nc2cccc(NCc3ccc(C(=O)O)cn3)c2c(=O)n1-c1ccccc1. The number of pyridine rings is 1. The second kappa shape index (κ2) is 11.3. The van der Waals surface area contributed by atoms with E-state index in [4.69, 9.17) is 14.8 Å². The van der Waals surface area contributed by atoms with Gasteiger partial charge in [0.15, 0.2) is 0 Å². The molecular formula is C29H31N5O5. The number of hydrogen-bond acceptors (Lipinski definition) is 7. The minimum absolute atomic E-state index is 0.0943. The molecule has 4 aromatic rings. The maximum Gasteiger partial charge on any atom is 0.408 e. The Balaban J connectivity index is 1.78. The number of alkyl carbamates (subject to hydrolysis) is 1. The summed E-state index contributed by atoms with van der Waals surface area (Å²) in [5, 5.41) is 15.6. The van der Waals surface area contributed by atoms with Crippen molar-refractivity contribution < 1.29 is 19.4 Å². The Hall–Kier alpha value is -4.73. The van der Waals surface area contributed by atoms with Crippen LogP contribution in [0, 0.1) is 0 Å². The summed E-state index contributed by atoms with van der Waals surface area (Å²) in [6.45, 7) is 7.52. The summed E-state index contributed by atoms with van der Waals surface area (Å²) < 4.78 is 6.97. The van der Waals surface area contributed by atoms with Crippen molar-refractivity contribution in [3.05, 3.63) is 94.3 Å². The molecule has 0 radical (unpaired) electrons. The molecule has 0 aliphatic rings. The highest BCUT2D eigenvalue weighted by Crippen LogP contribution is 2.25. The summed E-state index contributed by atoms with van der Waals surface area (Å²) >= 11 is 0. The van der Waals surface area contributed by atoms with Gasteiger partial charge in [0, 0.05) is 11.9 Å². The molecule has 0 aliphatic heterocycles. The summed E-state index contributed by atoms with van der Waals surface area (Å²) in [5.74, 6) is -0.666. The van der Waals surface area contributed by atoms with Crippen LogP contribution in [0.15, 0.2) is 71.7 Å². The van der Waals surface area contributed by atoms with E-state index in [-0.39, 0.29) is 17.7 Å². The molecule has 0 fully saturated rings. The zero-order chi connectivity index (χ0) is 28.2. The number of aromatic nitrogens is 3. The molecule has 2 aromatic heterocycles. The van der Waals surface area contributed by atoms with Crippen molar-refractivity contribution in [2.75, 3.05) is 5.32 Å². The molecular weight excluding hydrogens is 498 g/mol. The number of anilines is 1. The normalized spacial score (nSPS) is 12.1. The second-order valence-corrected chi connectivity index (χ2v) is 9.95. The first-order valence-corrected chi connectivity index (χ1v) is 12.6. The highest BCUT2D eigenvalue weighted by molar-refractivity contribution is 5.91. The maximum atomic E-state index is 14.1. The number of para-hydroxylation sites is 1. The molecule has 39 heavy (non-hydrogen) atoms.